The molecule has 0 bridgehead atoms. The van der Waals surface area contributed by atoms with Crippen LogP contribution in [-0.4, -0.2) is 34.6 Å². The highest BCUT2D eigenvalue weighted by molar-refractivity contribution is 5.72. The SMILES string of the molecule is CC(C)N(CC1CC1)C(C)C(=O)O. The van der Waals surface area contributed by atoms with E-state index in [4.69, 9.17) is 5.11 Å². The van der Waals surface area contributed by atoms with Gasteiger partial charge in [-0.3, -0.25) is 9.69 Å². The monoisotopic (exact) mass is 185 g/mol. The van der Waals surface area contributed by atoms with Crippen molar-refractivity contribution in [3.63, 3.8) is 0 Å². The minimum absolute atomic E-state index is 0.326. The number of carbonyl (C=O) groups is 1. The van der Waals surface area contributed by atoms with Crippen molar-refractivity contribution in [3.8, 4) is 0 Å². The average Bonchev–Trinajstić information content (AvgIpc) is 2.81. The van der Waals surface area contributed by atoms with Gasteiger partial charge in [0.1, 0.15) is 6.04 Å². The van der Waals surface area contributed by atoms with Gasteiger partial charge in [0.25, 0.3) is 0 Å². The minimum Gasteiger partial charge on any atom is -0.480 e. The van der Waals surface area contributed by atoms with E-state index >= 15 is 0 Å². The predicted octanol–water partition coefficient (Wildman–Crippen LogP) is 1.58. The lowest BCUT2D eigenvalue weighted by molar-refractivity contribution is -0.143. The van der Waals surface area contributed by atoms with Gasteiger partial charge in [0.05, 0.1) is 0 Å². The van der Waals surface area contributed by atoms with Crippen molar-refractivity contribution in [2.75, 3.05) is 6.54 Å². The summed E-state index contributed by atoms with van der Waals surface area (Å²) in [7, 11) is 0. The zero-order valence-corrected chi connectivity index (χ0v) is 8.66. The molecule has 0 radical (unpaired) electrons. The number of hydrogen-bond acceptors (Lipinski definition) is 2. The molecule has 13 heavy (non-hydrogen) atoms. The van der Waals surface area contributed by atoms with Gasteiger partial charge in [-0.2, -0.15) is 0 Å². The van der Waals surface area contributed by atoms with Gasteiger partial charge in [-0.25, -0.2) is 0 Å². The highest BCUT2D eigenvalue weighted by atomic mass is 16.4. The van der Waals surface area contributed by atoms with E-state index in [1.54, 1.807) is 6.92 Å². The summed E-state index contributed by atoms with van der Waals surface area (Å²) in [6.45, 7) is 6.83. The first-order valence-electron chi connectivity index (χ1n) is 5.01. The third kappa shape index (κ3) is 2.99. The maximum absolute atomic E-state index is 10.8. The van der Waals surface area contributed by atoms with Crippen LogP contribution in [0.5, 0.6) is 0 Å². The van der Waals surface area contributed by atoms with Crippen molar-refractivity contribution < 1.29 is 9.90 Å². The molecule has 1 N–H and O–H groups in total. The van der Waals surface area contributed by atoms with Gasteiger partial charge in [-0.1, -0.05) is 0 Å². The maximum atomic E-state index is 10.8. The molecule has 1 fully saturated rings. The molecule has 0 aromatic carbocycles. The van der Waals surface area contributed by atoms with Crippen LogP contribution in [0.15, 0.2) is 0 Å². The van der Waals surface area contributed by atoms with E-state index in [1.165, 1.54) is 12.8 Å². The lowest BCUT2D eigenvalue weighted by atomic mass is 10.2. The molecule has 1 unspecified atom stereocenters. The van der Waals surface area contributed by atoms with Crippen LogP contribution < -0.4 is 0 Å². The second-order valence-corrected chi connectivity index (χ2v) is 4.25. The van der Waals surface area contributed by atoms with Crippen molar-refractivity contribution in [1.29, 1.82) is 0 Å². The predicted molar refractivity (Wildman–Crippen MR) is 51.7 cm³/mol. The first-order valence-corrected chi connectivity index (χ1v) is 5.01. The second kappa shape index (κ2) is 4.09. The van der Waals surface area contributed by atoms with E-state index in [0.717, 1.165) is 12.5 Å². The maximum Gasteiger partial charge on any atom is 0.320 e. The lowest BCUT2D eigenvalue weighted by Gasteiger charge is -2.30. The quantitative estimate of drug-likeness (QED) is 0.707. The van der Waals surface area contributed by atoms with Crippen molar-refractivity contribution in [3.05, 3.63) is 0 Å². The van der Waals surface area contributed by atoms with Crippen LogP contribution in [0.1, 0.15) is 33.6 Å². The average molecular weight is 185 g/mol. The molecule has 3 heteroatoms. The van der Waals surface area contributed by atoms with Crippen LogP contribution >= 0.6 is 0 Å². The molecule has 1 aliphatic rings. The highest BCUT2D eigenvalue weighted by Gasteiger charge is 2.30. The summed E-state index contributed by atoms with van der Waals surface area (Å²) in [4.78, 5) is 12.9. The minimum atomic E-state index is -0.714. The number of nitrogens with zero attached hydrogens (tertiary/aromatic N) is 1. The Morgan fingerprint density at radius 1 is 1.46 bits per heavy atom. The van der Waals surface area contributed by atoms with Crippen LogP contribution in [0.2, 0.25) is 0 Å². The van der Waals surface area contributed by atoms with Crippen LogP contribution in [0.25, 0.3) is 0 Å². The van der Waals surface area contributed by atoms with Crippen LogP contribution in [0.4, 0.5) is 0 Å². The first-order chi connectivity index (χ1) is 6.02. The zero-order chi connectivity index (χ0) is 10.0. The molecule has 76 valence electrons. The van der Waals surface area contributed by atoms with E-state index in [9.17, 15) is 4.79 Å². The Kier molecular flexibility index (Phi) is 3.31. The molecule has 3 nitrogen and oxygen atoms in total. The molecule has 0 aromatic heterocycles. The van der Waals surface area contributed by atoms with Gasteiger partial charge < -0.3 is 5.11 Å². The lowest BCUT2D eigenvalue weighted by Crippen LogP contribution is -2.44. The van der Waals surface area contributed by atoms with Gasteiger partial charge in [0.15, 0.2) is 0 Å². The molecule has 0 amide bonds. The molecular formula is C10H19NO2. The number of carboxylic acids is 1. The van der Waals surface area contributed by atoms with Gasteiger partial charge in [0, 0.05) is 12.6 Å². The topological polar surface area (TPSA) is 40.5 Å². The normalized spacial score (nSPS) is 19.5. The van der Waals surface area contributed by atoms with Gasteiger partial charge in [0.2, 0.25) is 0 Å². The Labute approximate surface area is 79.7 Å². The fourth-order valence-corrected chi connectivity index (χ4v) is 1.56. The Morgan fingerprint density at radius 2 is 2.00 bits per heavy atom. The van der Waals surface area contributed by atoms with Crippen molar-refractivity contribution in [2.45, 2.75) is 45.7 Å². The van der Waals surface area contributed by atoms with E-state index in [-0.39, 0.29) is 6.04 Å². The molecule has 1 saturated carbocycles. The number of hydrogen-bond donors (Lipinski definition) is 1. The number of carboxylic acid groups (broad SMARTS) is 1. The van der Waals surface area contributed by atoms with Gasteiger partial charge >= 0.3 is 5.97 Å². The smallest absolute Gasteiger partial charge is 0.320 e. The Balaban J connectivity index is 2.48. The summed E-state index contributed by atoms with van der Waals surface area (Å²) in [6, 6.07) is -0.0210. The summed E-state index contributed by atoms with van der Waals surface area (Å²) >= 11 is 0. The van der Waals surface area contributed by atoms with Crippen LogP contribution in [-0.2, 0) is 4.79 Å². The summed E-state index contributed by atoms with van der Waals surface area (Å²) in [5, 5.41) is 8.89. The summed E-state index contributed by atoms with van der Waals surface area (Å²) in [5.41, 5.74) is 0. The van der Waals surface area contributed by atoms with Crippen molar-refractivity contribution >= 4 is 5.97 Å². The number of aliphatic carboxylic acids is 1. The van der Waals surface area contributed by atoms with E-state index in [0.29, 0.717) is 6.04 Å². The molecular weight excluding hydrogens is 166 g/mol. The second-order valence-electron chi connectivity index (χ2n) is 4.25. The molecule has 0 spiro atoms. The molecule has 1 atom stereocenters. The molecule has 1 aliphatic carbocycles. The molecule has 1 rings (SSSR count). The van der Waals surface area contributed by atoms with Gasteiger partial charge in [-0.05, 0) is 39.5 Å². The summed E-state index contributed by atoms with van der Waals surface area (Å²) in [5.74, 6) is 0.0403. The number of rotatable bonds is 5. The van der Waals surface area contributed by atoms with E-state index in [1.807, 2.05) is 0 Å². The summed E-state index contributed by atoms with van der Waals surface area (Å²) in [6.07, 6.45) is 2.55. The summed E-state index contributed by atoms with van der Waals surface area (Å²) < 4.78 is 0. The van der Waals surface area contributed by atoms with Crippen LogP contribution in [0.3, 0.4) is 0 Å². The first kappa shape index (κ1) is 10.5. The van der Waals surface area contributed by atoms with E-state index in [2.05, 4.69) is 18.7 Å². The highest BCUT2D eigenvalue weighted by Crippen LogP contribution is 2.30. The van der Waals surface area contributed by atoms with Crippen molar-refractivity contribution in [2.24, 2.45) is 5.92 Å². The van der Waals surface area contributed by atoms with Crippen LogP contribution in [0, 0.1) is 5.92 Å². The molecule has 0 saturated heterocycles. The van der Waals surface area contributed by atoms with Gasteiger partial charge in [-0.15, -0.1) is 0 Å². The third-order valence-corrected chi connectivity index (χ3v) is 2.68. The van der Waals surface area contributed by atoms with Crippen molar-refractivity contribution in [1.82, 2.24) is 4.90 Å². The molecule has 0 aromatic rings. The molecule has 0 aliphatic heterocycles. The standard InChI is InChI=1S/C10H19NO2/c1-7(2)11(6-9-4-5-9)8(3)10(12)13/h7-9H,4-6H2,1-3H3,(H,12,13). The fourth-order valence-electron chi connectivity index (χ4n) is 1.56. The Bertz CT molecular complexity index is 187. The molecule has 0 heterocycles. The fraction of sp³-hybridized carbons (Fsp3) is 0.900. The Hall–Kier alpha value is -0.570. The largest absolute Gasteiger partial charge is 0.480 e. The zero-order valence-electron chi connectivity index (χ0n) is 8.66. The van der Waals surface area contributed by atoms with E-state index < -0.39 is 5.97 Å². The third-order valence-electron chi connectivity index (χ3n) is 2.68. The Morgan fingerprint density at radius 3 is 2.31 bits per heavy atom.